The van der Waals surface area contributed by atoms with Crippen LogP contribution in [0.4, 0.5) is 8.78 Å². The molecule has 0 spiro atoms. The first-order chi connectivity index (χ1) is 11.1. The Morgan fingerprint density at radius 2 is 2.13 bits per heavy atom. The Bertz CT molecular complexity index is 707. The number of hydrogen-bond donors (Lipinski definition) is 2. The standard InChI is InChI=1S/C16H18F2N4O/c1-10(12(8-17)9-19)23-13-4-2-11(3-5-13)14-20-15(22-21-14)16(18)6-7-16/h2-5,8,10H,6-7,9,19H2,1H3,(H,20,21,22)/b12-8+. The summed E-state index contributed by atoms with van der Waals surface area (Å²) in [6.45, 7) is 1.82. The van der Waals surface area contributed by atoms with Crippen molar-refractivity contribution in [1.82, 2.24) is 15.2 Å². The Morgan fingerprint density at radius 3 is 2.70 bits per heavy atom. The SMILES string of the molecule is CC(Oc1ccc(-c2n[nH]c(C3(F)CC3)n2)cc1)/C(=C/F)CN. The first kappa shape index (κ1) is 15.6. The molecule has 0 saturated heterocycles. The smallest absolute Gasteiger partial charge is 0.181 e. The van der Waals surface area contributed by atoms with Gasteiger partial charge in [0.1, 0.15) is 11.9 Å². The second-order valence-electron chi connectivity index (χ2n) is 5.65. The fraction of sp³-hybridized carbons (Fsp3) is 0.375. The van der Waals surface area contributed by atoms with E-state index in [1.54, 1.807) is 31.2 Å². The van der Waals surface area contributed by atoms with Crippen LogP contribution < -0.4 is 10.5 Å². The molecule has 1 fully saturated rings. The summed E-state index contributed by atoms with van der Waals surface area (Å²) in [7, 11) is 0. The molecule has 122 valence electrons. The lowest BCUT2D eigenvalue weighted by atomic mass is 10.2. The van der Waals surface area contributed by atoms with E-state index >= 15 is 0 Å². The molecule has 5 nitrogen and oxygen atoms in total. The molecule has 23 heavy (non-hydrogen) atoms. The molecule has 7 heteroatoms. The van der Waals surface area contributed by atoms with Crippen LogP contribution in [0, 0.1) is 0 Å². The van der Waals surface area contributed by atoms with Crippen LogP contribution in [0.15, 0.2) is 36.2 Å². The van der Waals surface area contributed by atoms with Gasteiger partial charge in [0, 0.05) is 17.7 Å². The van der Waals surface area contributed by atoms with Crippen LogP contribution in [0.3, 0.4) is 0 Å². The van der Waals surface area contributed by atoms with Crippen molar-refractivity contribution in [3.63, 3.8) is 0 Å². The number of hydrogen-bond acceptors (Lipinski definition) is 4. The molecule has 0 bridgehead atoms. The molecule has 1 saturated carbocycles. The van der Waals surface area contributed by atoms with E-state index in [1.165, 1.54) is 0 Å². The van der Waals surface area contributed by atoms with Crippen molar-refractivity contribution in [2.75, 3.05) is 6.54 Å². The number of benzene rings is 1. The van der Waals surface area contributed by atoms with Crippen LogP contribution in [0.1, 0.15) is 25.6 Å². The number of halogens is 2. The molecule has 1 heterocycles. The summed E-state index contributed by atoms with van der Waals surface area (Å²) in [6, 6.07) is 7.01. The van der Waals surface area contributed by atoms with Gasteiger partial charge in [0.25, 0.3) is 0 Å². The lowest BCUT2D eigenvalue weighted by molar-refractivity contribution is 0.253. The van der Waals surface area contributed by atoms with Gasteiger partial charge in [-0.1, -0.05) is 0 Å². The van der Waals surface area contributed by atoms with E-state index in [9.17, 15) is 8.78 Å². The van der Waals surface area contributed by atoms with E-state index in [0.717, 1.165) is 5.56 Å². The Labute approximate surface area is 132 Å². The van der Waals surface area contributed by atoms with E-state index in [-0.39, 0.29) is 12.4 Å². The van der Waals surface area contributed by atoms with Gasteiger partial charge in [-0.3, -0.25) is 5.10 Å². The number of H-pyrrole nitrogens is 1. The second-order valence-corrected chi connectivity index (χ2v) is 5.65. The van der Waals surface area contributed by atoms with Crippen molar-refractivity contribution in [1.29, 1.82) is 0 Å². The Kier molecular flexibility index (Phi) is 4.12. The van der Waals surface area contributed by atoms with Gasteiger partial charge in [0.2, 0.25) is 0 Å². The highest BCUT2D eigenvalue weighted by atomic mass is 19.1. The number of ether oxygens (including phenoxy) is 1. The molecular formula is C16H18F2N4O. The Hall–Kier alpha value is -2.28. The van der Waals surface area contributed by atoms with Crippen molar-refractivity contribution in [3.05, 3.63) is 42.0 Å². The summed E-state index contributed by atoms with van der Waals surface area (Å²) < 4.78 is 32.2. The summed E-state index contributed by atoms with van der Waals surface area (Å²) in [5.41, 5.74) is 5.24. The molecule has 1 unspecified atom stereocenters. The topological polar surface area (TPSA) is 76.8 Å². The summed E-state index contributed by atoms with van der Waals surface area (Å²) in [5.74, 6) is 1.30. The van der Waals surface area contributed by atoms with Crippen LogP contribution in [0.2, 0.25) is 0 Å². The van der Waals surface area contributed by atoms with Crippen LogP contribution in [0.5, 0.6) is 5.75 Å². The highest BCUT2D eigenvalue weighted by Crippen LogP contribution is 2.48. The molecule has 2 aromatic rings. The number of rotatable bonds is 6. The highest BCUT2D eigenvalue weighted by molar-refractivity contribution is 5.56. The predicted octanol–water partition coefficient (Wildman–Crippen LogP) is 3.01. The summed E-state index contributed by atoms with van der Waals surface area (Å²) in [5, 5.41) is 6.70. The summed E-state index contributed by atoms with van der Waals surface area (Å²) >= 11 is 0. The van der Waals surface area contributed by atoms with Gasteiger partial charge in [-0.25, -0.2) is 13.8 Å². The quantitative estimate of drug-likeness (QED) is 0.858. The van der Waals surface area contributed by atoms with Gasteiger partial charge in [0.05, 0.1) is 6.33 Å². The van der Waals surface area contributed by atoms with Crippen LogP contribution in [-0.2, 0) is 5.67 Å². The van der Waals surface area contributed by atoms with Crippen molar-refractivity contribution in [2.24, 2.45) is 5.73 Å². The zero-order chi connectivity index (χ0) is 16.4. The van der Waals surface area contributed by atoms with Crippen molar-refractivity contribution < 1.29 is 13.5 Å². The summed E-state index contributed by atoms with van der Waals surface area (Å²) in [4.78, 5) is 4.20. The minimum absolute atomic E-state index is 0.0979. The minimum Gasteiger partial charge on any atom is -0.486 e. The number of aromatic amines is 1. The normalized spacial score (nSPS) is 17.8. The first-order valence-corrected chi connectivity index (χ1v) is 7.44. The van der Waals surface area contributed by atoms with Crippen LogP contribution in [0.25, 0.3) is 11.4 Å². The maximum atomic E-state index is 13.9. The van der Waals surface area contributed by atoms with Gasteiger partial charge < -0.3 is 10.5 Å². The number of aromatic nitrogens is 3. The lowest BCUT2D eigenvalue weighted by Gasteiger charge is -2.16. The molecule has 1 aliphatic rings. The maximum absolute atomic E-state index is 13.9. The largest absolute Gasteiger partial charge is 0.486 e. The molecule has 1 aromatic carbocycles. The molecule has 3 rings (SSSR count). The fourth-order valence-electron chi connectivity index (χ4n) is 2.20. The van der Waals surface area contributed by atoms with Gasteiger partial charge >= 0.3 is 0 Å². The Balaban J connectivity index is 1.71. The monoisotopic (exact) mass is 320 g/mol. The molecular weight excluding hydrogens is 302 g/mol. The van der Waals surface area contributed by atoms with Gasteiger partial charge in [-0.05, 0) is 44.0 Å². The van der Waals surface area contributed by atoms with Crippen molar-refractivity contribution in [2.45, 2.75) is 31.5 Å². The predicted molar refractivity (Wildman–Crippen MR) is 82.2 cm³/mol. The van der Waals surface area contributed by atoms with E-state index in [4.69, 9.17) is 10.5 Å². The van der Waals surface area contributed by atoms with Gasteiger partial charge in [-0.15, -0.1) is 0 Å². The van der Waals surface area contributed by atoms with Gasteiger partial charge in [0.15, 0.2) is 17.3 Å². The zero-order valence-electron chi connectivity index (χ0n) is 12.7. The fourth-order valence-corrected chi connectivity index (χ4v) is 2.20. The average molecular weight is 320 g/mol. The molecule has 1 atom stereocenters. The van der Waals surface area contributed by atoms with Crippen LogP contribution in [-0.4, -0.2) is 27.8 Å². The Morgan fingerprint density at radius 1 is 1.43 bits per heavy atom. The van der Waals surface area contributed by atoms with E-state index in [0.29, 0.717) is 36.3 Å². The van der Waals surface area contributed by atoms with Crippen molar-refractivity contribution in [3.8, 4) is 17.1 Å². The third-order valence-corrected chi connectivity index (χ3v) is 3.92. The van der Waals surface area contributed by atoms with Crippen LogP contribution >= 0.6 is 0 Å². The average Bonchev–Trinajstić information content (AvgIpc) is 3.11. The minimum atomic E-state index is -1.33. The van der Waals surface area contributed by atoms with Crippen molar-refractivity contribution >= 4 is 0 Å². The van der Waals surface area contributed by atoms with E-state index < -0.39 is 11.8 Å². The number of nitrogens with zero attached hydrogens (tertiary/aromatic N) is 2. The molecule has 0 amide bonds. The lowest BCUT2D eigenvalue weighted by Crippen LogP contribution is -2.20. The maximum Gasteiger partial charge on any atom is 0.181 e. The molecule has 1 aromatic heterocycles. The van der Waals surface area contributed by atoms with Gasteiger partial charge in [-0.2, -0.15) is 5.10 Å². The number of nitrogens with two attached hydrogens (primary N) is 1. The zero-order valence-corrected chi connectivity index (χ0v) is 12.7. The summed E-state index contributed by atoms with van der Waals surface area (Å²) in [6.07, 6.45) is 0.987. The number of nitrogens with one attached hydrogen (secondary N) is 1. The molecule has 3 N–H and O–H groups in total. The molecule has 0 aliphatic heterocycles. The van der Waals surface area contributed by atoms with E-state index in [2.05, 4.69) is 15.2 Å². The third kappa shape index (κ3) is 3.24. The third-order valence-electron chi connectivity index (χ3n) is 3.92. The molecule has 1 aliphatic carbocycles. The second kappa shape index (κ2) is 6.08. The first-order valence-electron chi connectivity index (χ1n) is 7.44. The number of alkyl halides is 1. The highest BCUT2D eigenvalue weighted by Gasteiger charge is 2.48. The van der Waals surface area contributed by atoms with E-state index in [1.807, 2.05) is 0 Å². The molecule has 0 radical (unpaired) electrons.